The van der Waals surface area contributed by atoms with E-state index in [1.807, 2.05) is 51.1 Å². The van der Waals surface area contributed by atoms with E-state index >= 15 is 0 Å². The Hall–Kier alpha value is -2.50. The van der Waals surface area contributed by atoms with E-state index in [4.69, 9.17) is 9.47 Å². The number of carbonyl (C=O) groups is 2. The van der Waals surface area contributed by atoms with Gasteiger partial charge in [-0.25, -0.2) is 9.59 Å². The molecule has 0 spiro atoms. The number of nitrogens with one attached hydrogen (secondary N) is 1. The van der Waals surface area contributed by atoms with Crippen LogP contribution in [0.2, 0.25) is 0 Å². The lowest BCUT2D eigenvalue weighted by atomic mass is 10.1. The van der Waals surface area contributed by atoms with Gasteiger partial charge in [0.1, 0.15) is 12.2 Å². The van der Waals surface area contributed by atoms with E-state index in [-0.39, 0.29) is 12.2 Å². The van der Waals surface area contributed by atoms with Crippen LogP contribution in [0.15, 0.2) is 42.0 Å². The number of benzene rings is 1. The van der Waals surface area contributed by atoms with Crippen LogP contribution in [0.3, 0.4) is 0 Å². The molecule has 1 aliphatic rings. The molecule has 1 aliphatic heterocycles. The number of likely N-dealkylation sites (tertiary alicyclic amines) is 1. The molecular weight excluding hydrogens is 344 g/mol. The molecule has 6 heteroatoms. The monoisotopic (exact) mass is 374 g/mol. The molecule has 1 saturated heterocycles. The van der Waals surface area contributed by atoms with E-state index in [0.29, 0.717) is 26.2 Å². The molecule has 0 radical (unpaired) electrons. The van der Waals surface area contributed by atoms with Crippen molar-refractivity contribution < 1.29 is 19.1 Å². The standard InChI is InChI=1S/C21H30N2O4/c1-21(2,3)27-19(24)22-13-9-5-8-12-18-14-23(15-18)20(25)26-16-17-10-6-4-7-11-17/h4,6-7,10-12H,5,8-9,13-16H2,1-3H3,(H,22,24). The maximum Gasteiger partial charge on any atom is 0.410 e. The molecule has 0 bridgehead atoms. The number of alkyl carbamates (subject to hydrolysis) is 1. The lowest BCUT2D eigenvalue weighted by molar-refractivity contribution is 0.0527. The van der Waals surface area contributed by atoms with Crippen molar-refractivity contribution in [3.05, 3.63) is 47.5 Å². The Morgan fingerprint density at radius 3 is 2.52 bits per heavy atom. The Morgan fingerprint density at radius 2 is 1.85 bits per heavy atom. The molecule has 2 amide bonds. The summed E-state index contributed by atoms with van der Waals surface area (Å²) in [4.78, 5) is 25.1. The highest BCUT2D eigenvalue weighted by Crippen LogP contribution is 2.17. The highest BCUT2D eigenvalue weighted by molar-refractivity contribution is 5.70. The number of hydrogen-bond acceptors (Lipinski definition) is 4. The first-order chi connectivity index (χ1) is 12.8. The van der Waals surface area contributed by atoms with Crippen LogP contribution in [-0.2, 0) is 16.1 Å². The van der Waals surface area contributed by atoms with Crippen molar-refractivity contribution in [2.45, 2.75) is 52.2 Å². The van der Waals surface area contributed by atoms with E-state index in [9.17, 15) is 9.59 Å². The van der Waals surface area contributed by atoms with Gasteiger partial charge in [0.25, 0.3) is 0 Å². The normalized spacial score (nSPS) is 13.6. The van der Waals surface area contributed by atoms with Crippen molar-refractivity contribution in [3.8, 4) is 0 Å². The summed E-state index contributed by atoms with van der Waals surface area (Å²) >= 11 is 0. The molecule has 0 atom stereocenters. The number of ether oxygens (including phenoxy) is 2. The first kappa shape index (κ1) is 20.8. The van der Waals surface area contributed by atoms with Crippen molar-refractivity contribution in [1.82, 2.24) is 10.2 Å². The van der Waals surface area contributed by atoms with Crippen LogP contribution in [0.4, 0.5) is 9.59 Å². The largest absolute Gasteiger partial charge is 0.445 e. The summed E-state index contributed by atoms with van der Waals surface area (Å²) < 4.78 is 10.5. The number of unbranched alkanes of at least 4 members (excludes halogenated alkanes) is 2. The van der Waals surface area contributed by atoms with Gasteiger partial charge in [0.15, 0.2) is 0 Å². The average Bonchev–Trinajstić information content (AvgIpc) is 2.56. The van der Waals surface area contributed by atoms with Gasteiger partial charge in [0.05, 0.1) is 0 Å². The molecule has 148 valence electrons. The van der Waals surface area contributed by atoms with Crippen molar-refractivity contribution in [1.29, 1.82) is 0 Å². The minimum absolute atomic E-state index is 0.266. The molecule has 0 aromatic heterocycles. The van der Waals surface area contributed by atoms with Crippen molar-refractivity contribution in [2.75, 3.05) is 19.6 Å². The number of hydrogen-bond donors (Lipinski definition) is 1. The molecule has 1 aromatic rings. The smallest absolute Gasteiger partial charge is 0.410 e. The minimum atomic E-state index is -0.465. The van der Waals surface area contributed by atoms with E-state index in [0.717, 1.165) is 24.8 Å². The molecule has 0 aliphatic carbocycles. The summed E-state index contributed by atoms with van der Waals surface area (Å²) in [5, 5.41) is 2.75. The van der Waals surface area contributed by atoms with E-state index in [1.54, 1.807) is 4.90 Å². The third-order valence-electron chi connectivity index (χ3n) is 3.98. The minimum Gasteiger partial charge on any atom is -0.445 e. The zero-order valence-electron chi connectivity index (χ0n) is 16.5. The second kappa shape index (κ2) is 10.00. The Kier molecular flexibility index (Phi) is 7.70. The Labute approximate surface area is 161 Å². The molecule has 1 heterocycles. The fourth-order valence-electron chi connectivity index (χ4n) is 2.59. The van der Waals surface area contributed by atoms with E-state index < -0.39 is 5.60 Å². The molecule has 1 fully saturated rings. The van der Waals surface area contributed by atoms with Crippen LogP contribution in [0.5, 0.6) is 0 Å². The summed E-state index contributed by atoms with van der Waals surface area (Å²) in [7, 11) is 0. The van der Waals surface area contributed by atoms with Gasteiger partial charge < -0.3 is 19.7 Å². The first-order valence-corrected chi connectivity index (χ1v) is 9.44. The SMILES string of the molecule is CC(C)(C)OC(=O)NCCCCC=C1CN(C(=O)OCc2ccccc2)C1. The topological polar surface area (TPSA) is 67.9 Å². The Bertz CT molecular complexity index is 642. The van der Waals surface area contributed by atoms with Gasteiger partial charge in [-0.05, 0) is 51.2 Å². The zero-order valence-corrected chi connectivity index (χ0v) is 16.5. The molecular formula is C21H30N2O4. The summed E-state index contributed by atoms with van der Waals surface area (Å²) in [5.74, 6) is 0. The van der Waals surface area contributed by atoms with Crippen LogP contribution in [0.25, 0.3) is 0 Å². The van der Waals surface area contributed by atoms with Crippen LogP contribution in [0.1, 0.15) is 45.6 Å². The fourth-order valence-corrected chi connectivity index (χ4v) is 2.59. The van der Waals surface area contributed by atoms with Gasteiger partial charge in [-0.1, -0.05) is 36.4 Å². The molecule has 2 rings (SSSR count). The van der Waals surface area contributed by atoms with Crippen molar-refractivity contribution in [3.63, 3.8) is 0 Å². The van der Waals surface area contributed by atoms with E-state index in [1.165, 1.54) is 5.57 Å². The summed E-state index contributed by atoms with van der Waals surface area (Å²) in [6, 6.07) is 9.66. The van der Waals surface area contributed by atoms with Gasteiger partial charge in [0.2, 0.25) is 0 Å². The van der Waals surface area contributed by atoms with Gasteiger partial charge >= 0.3 is 12.2 Å². The van der Waals surface area contributed by atoms with Crippen molar-refractivity contribution >= 4 is 12.2 Å². The van der Waals surface area contributed by atoms with Crippen LogP contribution in [0, 0.1) is 0 Å². The quantitative estimate of drug-likeness (QED) is 0.572. The summed E-state index contributed by atoms with van der Waals surface area (Å²) in [6.45, 7) is 7.73. The summed E-state index contributed by atoms with van der Waals surface area (Å²) in [6.07, 6.45) is 4.36. The third kappa shape index (κ3) is 8.15. The molecule has 0 saturated carbocycles. The number of rotatable bonds is 7. The number of carbonyl (C=O) groups excluding carboxylic acids is 2. The van der Waals surface area contributed by atoms with Crippen LogP contribution < -0.4 is 5.32 Å². The van der Waals surface area contributed by atoms with Crippen LogP contribution in [-0.4, -0.2) is 42.3 Å². The fraction of sp³-hybridized carbons (Fsp3) is 0.524. The molecule has 1 N–H and O–H groups in total. The molecule has 6 nitrogen and oxygen atoms in total. The second-order valence-electron chi connectivity index (χ2n) is 7.68. The predicted octanol–water partition coefficient (Wildman–Crippen LogP) is 4.26. The van der Waals surface area contributed by atoms with Gasteiger partial charge in [-0.3, -0.25) is 0 Å². The van der Waals surface area contributed by atoms with Gasteiger partial charge in [0, 0.05) is 19.6 Å². The maximum atomic E-state index is 11.9. The number of amides is 2. The predicted molar refractivity (Wildman–Crippen MR) is 104 cm³/mol. The molecule has 1 aromatic carbocycles. The number of nitrogens with zero attached hydrogens (tertiary/aromatic N) is 1. The van der Waals surface area contributed by atoms with Gasteiger partial charge in [-0.15, -0.1) is 0 Å². The Balaban J connectivity index is 1.51. The van der Waals surface area contributed by atoms with Crippen molar-refractivity contribution in [2.24, 2.45) is 0 Å². The maximum absolute atomic E-state index is 11.9. The van der Waals surface area contributed by atoms with Crippen LogP contribution >= 0.6 is 0 Å². The third-order valence-corrected chi connectivity index (χ3v) is 3.98. The number of allylic oxidation sites excluding steroid dienone is 1. The lowest BCUT2D eigenvalue weighted by Crippen LogP contribution is -2.44. The molecule has 27 heavy (non-hydrogen) atoms. The molecule has 0 unspecified atom stereocenters. The lowest BCUT2D eigenvalue weighted by Gasteiger charge is -2.33. The zero-order chi connectivity index (χ0) is 19.7. The van der Waals surface area contributed by atoms with E-state index in [2.05, 4.69) is 11.4 Å². The summed E-state index contributed by atoms with van der Waals surface area (Å²) in [5.41, 5.74) is 1.78. The Morgan fingerprint density at radius 1 is 1.15 bits per heavy atom. The van der Waals surface area contributed by atoms with Gasteiger partial charge in [-0.2, -0.15) is 0 Å². The second-order valence-corrected chi connectivity index (χ2v) is 7.68. The highest BCUT2D eigenvalue weighted by Gasteiger charge is 2.26. The average molecular weight is 374 g/mol. The highest BCUT2D eigenvalue weighted by atomic mass is 16.6. The first-order valence-electron chi connectivity index (χ1n) is 9.44.